The number of aryl methyl sites for hydroxylation is 2. The first-order valence-electron chi connectivity index (χ1n) is 11.4. The van der Waals surface area contributed by atoms with Crippen molar-refractivity contribution in [1.82, 2.24) is 19.7 Å². The Balaban J connectivity index is 1.49. The number of aromatic nitrogens is 3. The minimum Gasteiger partial charge on any atom is -0.328 e. The summed E-state index contributed by atoms with van der Waals surface area (Å²) in [4.78, 5) is 27.7. The summed E-state index contributed by atoms with van der Waals surface area (Å²) in [5, 5.41) is 12.4. The van der Waals surface area contributed by atoms with E-state index in [0.29, 0.717) is 23.8 Å². The molecule has 4 rings (SSSR count). The van der Waals surface area contributed by atoms with Crippen molar-refractivity contribution in [2.75, 3.05) is 17.6 Å². The van der Waals surface area contributed by atoms with Crippen molar-refractivity contribution in [3.05, 3.63) is 83.7 Å². The first-order valence-corrected chi connectivity index (χ1v) is 12.4. The molecule has 1 unspecified atom stereocenters. The highest BCUT2D eigenvalue weighted by Gasteiger charge is 2.35. The summed E-state index contributed by atoms with van der Waals surface area (Å²) in [5.41, 5.74) is 3.58. The first kappa shape index (κ1) is 23.8. The van der Waals surface area contributed by atoms with Gasteiger partial charge in [-0.05, 0) is 50.5 Å². The Hall–Kier alpha value is -3.39. The van der Waals surface area contributed by atoms with E-state index in [1.54, 1.807) is 6.08 Å². The fraction of sp³-hybridized carbons (Fsp3) is 0.308. The zero-order valence-electron chi connectivity index (χ0n) is 19.5. The Morgan fingerprint density at radius 2 is 1.91 bits per heavy atom. The molecule has 7 nitrogen and oxygen atoms in total. The highest BCUT2D eigenvalue weighted by Crippen LogP contribution is 2.34. The molecule has 1 aliphatic rings. The monoisotopic (exact) mass is 475 g/mol. The first-order chi connectivity index (χ1) is 16.5. The maximum absolute atomic E-state index is 13.3. The second-order valence-electron chi connectivity index (χ2n) is 8.41. The number of hydrogen-bond acceptors (Lipinski definition) is 5. The Morgan fingerprint density at radius 3 is 2.65 bits per heavy atom. The van der Waals surface area contributed by atoms with Gasteiger partial charge in [0.15, 0.2) is 11.0 Å². The van der Waals surface area contributed by atoms with Crippen LogP contribution in [0.5, 0.6) is 0 Å². The van der Waals surface area contributed by atoms with Crippen LogP contribution in [0.2, 0.25) is 0 Å². The van der Waals surface area contributed by atoms with Crippen molar-refractivity contribution >= 4 is 29.3 Å². The van der Waals surface area contributed by atoms with Crippen LogP contribution in [0.15, 0.2) is 66.3 Å². The van der Waals surface area contributed by atoms with Crippen LogP contribution >= 0.6 is 11.8 Å². The standard InChI is InChI=1S/C26H29N5O2S/c1-4-15-31-24(22-10-7-16-30(22)25(33)21-9-6-5-8-19(21)3)28-29-26(31)34-17-23(32)27-20-13-11-18(2)12-14-20/h4-6,8-9,11-14,22H,1,7,10,15-17H2,2-3H3,(H,27,32). The fourth-order valence-corrected chi connectivity index (χ4v) is 4.92. The van der Waals surface area contributed by atoms with Crippen LogP contribution in [0.4, 0.5) is 5.69 Å². The normalized spacial score (nSPS) is 15.4. The largest absolute Gasteiger partial charge is 0.328 e. The van der Waals surface area contributed by atoms with Gasteiger partial charge in [-0.1, -0.05) is 53.7 Å². The molecule has 2 heterocycles. The van der Waals surface area contributed by atoms with Gasteiger partial charge in [0.05, 0.1) is 11.8 Å². The number of anilines is 1. The Kier molecular flexibility index (Phi) is 7.47. The SMILES string of the molecule is C=CCn1c(SCC(=O)Nc2ccc(C)cc2)nnc1C1CCCN1C(=O)c1ccccc1C. The van der Waals surface area contributed by atoms with Crippen LogP contribution in [0.25, 0.3) is 0 Å². The van der Waals surface area contributed by atoms with E-state index in [2.05, 4.69) is 22.1 Å². The number of carbonyl (C=O) groups excluding carboxylic acids is 2. The number of likely N-dealkylation sites (tertiary alicyclic amines) is 1. The van der Waals surface area contributed by atoms with E-state index < -0.39 is 0 Å². The fourth-order valence-electron chi connectivity index (χ4n) is 4.16. The smallest absolute Gasteiger partial charge is 0.254 e. The molecule has 0 spiro atoms. The Morgan fingerprint density at radius 1 is 1.15 bits per heavy atom. The number of rotatable bonds is 8. The lowest BCUT2D eigenvalue weighted by atomic mass is 10.1. The highest BCUT2D eigenvalue weighted by molar-refractivity contribution is 7.99. The second kappa shape index (κ2) is 10.7. The van der Waals surface area contributed by atoms with Crippen LogP contribution < -0.4 is 5.32 Å². The second-order valence-corrected chi connectivity index (χ2v) is 9.36. The summed E-state index contributed by atoms with van der Waals surface area (Å²) in [6.45, 7) is 9.02. The maximum atomic E-state index is 13.3. The predicted octanol–water partition coefficient (Wildman–Crippen LogP) is 4.79. The zero-order valence-corrected chi connectivity index (χ0v) is 20.3. The minimum absolute atomic E-state index is 0.0143. The molecular formula is C26H29N5O2S. The molecule has 2 amide bonds. The summed E-state index contributed by atoms with van der Waals surface area (Å²) in [6.07, 6.45) is 3.52. The minimum atomic E-state index is -0.157. The lowest BCUT2D eigenvalue weighted by Crippen LogP contribution is -2.32. The molecule has 1 atom stereocenters. The number of thioether (sulfide) groups is 1. The Bertz CT molecular complexity index is 1190. The summed E-state index contributed by atoms with van der Waals surface area (Å²) >= 11 is 1.33. The number of allylic oxidation sites excluding steroid dienone is 1. The molecule has 8 heteroatoms. The van der Waals surface area contributed by atoms with E-state index >= 15 is 0 Å². The molecule has 1 aliphatic heterocycles. The van der Waals surface area contributed by atoms with Crippen molar-refractivity contribution < 1.29 is 9.59 Å². The molecule has 0 bridgehead atoms. The number of nitrogens with one attached hydrogen (secondary N) is 1. The molecule has 1 fully saturated rings. The van der Waals surface area contributed by atoms with E-state index in [-0.39, 0.29) is 23.6 Å². The van der Waals surface area contributed by atoms with Gasteiger partial charge in [-0.3, -0.25) is 9.59 Å². The average molecular weight is 476 g/mol. The van der Waals surface area contributed by atoms with Crippen molar-refractivity contribution in [3.63, 3.8) is 0 Å². The third kappa shape index (κ3) is 5.22. The number of amides is 2. The number of nitrogens with zero attached hydrogens (tertiary/aromatic N) is 4. The van der Waals surface area contributed by atoms with Crippen molar-refractivity contribution in [2.24, 2.45) is 0 Å². The van der Waals surface area contributed by atoms with Crippen LogP contribution in [-0.4, -0.2) is 43.8 Å². The van der Waals surface area contributed by atoms with Gasteiger partial charge in [-0.15, -0.1) is 16.8 Å². The summed E-state index contributed by atoms with van der Waals surface area (Å²) in [7, 11) is 0. The summed E-state index contributed by atoms with van der Waals surface area (Å²) in [5.74, 6) is 0.849. The zero-order chi connectivity index (χ0) is 24.1. The van der Waals surface area contributed by atoms with Gasteiger partial charge < -0.3 is 14.8 Å². The lowest BCUT2D eigenvalue weighted by Gasteiger charge is -2.25. The summed E-state index contributed by atoms with van der Waals surface area (Å²) < 4.78 is 1.96. The molecule has 0 saturated carbocycles. The average Bonchev–Trinajstić information content (AvgIpc) is 3.46. The highest BCUT2D eigenvalue weighted by atomic mass is 32.2. The van der Waals surface area contributed by atoms with E-state index in [0.717, 1.165) is 35.5 Å². The number of hydrogen-bond donors (Lipinski definition) is 1. The summed E-state index contributed by atoms with van der Waals surface area (Å²) in [6, 6.07) is 15.2. The van der Waals surface area contributed by atoms with Crippen LogP contribution in [0.1, 0.15) is 46.2 Å². The molecule has 3 aromatic rings. The van der Waals surface area contributed by atoms with Crippen molar-refractivity contribution in [2.45, 2.75) is 44.4 Å². The van der Waals surface area contributed by atoms with Crippen molar-refractivity contribution in [1.29, 1.82) is 0 Å². The third-order valence-electron chi connectivity index (χ3n) is 5.91. The van der Waals surface area contributed by atoms with Gasteiger partial charge in [-0.25, -0.2) is 0 Å². The molecular weight excluding hydrogens is 446 g/mol. The molecule has 0 radical (unpaired) electrons. The Labute approximate surface area is 204 Å². The maximum Gasteiger partial charge on any atom is 0.254 e. The lowest BCUT2D eigenvalue weighted by molar-refractivity contribution is -0.113. The van der Waals surface area contributed by atoms with E-state index in [1.807, 2.05) is 71.8 Å². The molecule has 1 saturated heterocycles. The van der Waals surface area contributed by atoms with Crippen LogP contribution in [0.3, 0.4) is 0 Å². The van der Waals surface area contributed by atoms with Gasteiger partial charge in [0, 0.05) is 24.3 Å². The van der Waals surface area contributed by atoms with E-state index in [9.17, 15) is 9.59 Å². The van der Waals surface area contributed by atoms with Gasteiger partial charge in [-0.2, -0.15) is 0 Å². The molecule has 1 aromatic heterocycles. The molecule has 1 N–H and O–H groups in total. The van der Waals surface area contributed by atoms with Gasteiger partial charge in [0.25, 0.3) is 5.91 Å². The molecule has 0 aliphatic carbocycles. The van der Waals surface area contributed by atoms with Gasteiger partial charge in [0.1, 0.15) is 0 Å². The number of carbonyl (C=O) groups is 2. The third-order valence-corrected chi connectivity index (χ3v) is 6.88. The van der Waals surface area contributed by atoms with E-state index in [4.69, 9.17) is 0 Å². The van der Waals surface area contributed by atoms with Crippen LogP contribution in [0, 0.1) is 13.8 Å². The molecule has 34 heavy (non-hydrogen) atoms. The number of benzene rings is 2. The quantitative estimate of drug-likeness (QED) is 0.374. The topological polar surface area (TPSA) is 80.1 Å². The predicted molar refractivity (Wildman–Crippen MR) is 135 cm³/mol. The van der Waals surface area contributed by atoms with Gasteiger partial charge in [0.2, 0.25) is 5.91 Å². The van der Waals surface area contributed by atoms with Gasteiger partial charge >= 0.3 is 0 Å². The van der Waals surface area contributed by atoms with Crippen LogP contribution in [-0.2, 0) is 11.3 Å². The molecule has 176 valence electrons. The molecule has 2 aromatic carbocycles. The van der Waals surface area contributed by atoms with E-state index in [1.165, 1.54) is 11.8 Å². The van der Waals surface area contributed by atoms with Crippen molar-refractivity contribution in [3.8, 4) is 0 Å².